The molecule has 2 rings (SSSR count). The lowest BCUT2D eigenvalue weighted by molar-refractivity contribution is 0.967. The molecule has 0 spiro atoms. The van der Waals surface area contributed by atoms with Gasteiger partial charge in [-0.25, -0.2) is 0 Å². The molecule has 0 aliphatic carbocycles. The van der Waals surface area contributed by atoms with Crippen LogP contribution in [0.1, 0.15) is 19.4 Å². The van der Waals surface area contributed by atoms with Crippen molar-refractivity contribution in [1.82, 2.24) is 4.57 Å². The first kappa shape index (κ1) is 12.4. The van der Waals surface area contributed by atoms with Gasteiger partial charge in [0.25, 0.3) is 0 Å². The van der Waals surface area contributed by atoms with Crippen LogP contribution in [0.4, 0.5) is 0 Å². The Hall–Kier alpha value is -1.63. The summed E-state index contributed by atoms with van der Waals surface area (Å²) in [6.07, 6.45) is 2.12. The quantitative estimate of drug-likeness (QED) is 0.855. The van der Waals surface area contributed by atoms with Crippen molar-refractivity contribution in [1.29, 1.82) is 5.26 Å². The van der Waals surface area contributed by atoms with E-state index in [2.05, 4.69) is 0 Å². The summed E-state index contributed by atoms with van der Waals surface area (Å²) in [5.74, 6) is 0. The van der Waals surface area contributed by atoms with E-state index in [-0.39, 0.29) is 11.7 Å². The predicted molar refractivity (Wildman–Crippen MR) is 80.1 cm³/mol. The van der Waals surface area contributed by atoms with E-state index in [0.717, 1.165) is 10.9 Å². The fourth-order valence-electron chi connectivity index (χ4n) is 2.19. The van der Waals surface area contributed by atoms with Gasteiger partial charge in [-0.1, -0.05) is 30.1 Å². The minimum absolute atomic E-state index is 0.192. The van der Waals surface area contributed by atoms with Crippen LogP contribution in [0.15, 0.2) is 18.4 Å². The Morgan fingerprint density at radius 2 is 2.32 bits per heavy atom. The second-order valence-corrected chi connectivity index (χ2v) is 4.93. The van der Waals surface area contributed by atoms with E-state index < -0.39 is 0 Å². The van der Waals surface area contributed by atoms with Crippen molar-refractivity contribution in [2.24, 2.45) is 12.8 Å². The lowest BCUT2D eigenvalue weighted by Gasteiger charge is -2.07. The Morgan fingerprint density at radius 3 is 2.84 bits per heavy atom. The average Bonchev–Trinajstić information content (AvgIpc) is 2.70. The number of rotatable bonds is 2. The lowest BCUT2D eigenvalue weighted by Crippen LogP contribution is -1.90. The highest BCUT2D eigenvalue weighted by Gasteiger charge is 2.18. The van der Waals surface area contributed by atoms with Gasteiger partial charge < -0.3 is 10.3 Å². The fourth-order valence-corrected chi connectivity index (χ4v) is 2.68. The SMILES string of the molecule is [2H]c1c(/C(C#N)=C\N)c2c(CC)cc(Cl)c(Cl)c2n1C. The summed E-state index contributed by atoms with van der Waals surface area (Å²) in [4.78, 5) is 0. The van der Waals surface area contributed by atoms with Gasteiger partial charge in [-0.2, -0.15) is 5.26 Å². The van der Waals surface area contributed by atoms with Crippen molar-refractivity contribution in [2.45, 2.75) is 13.3 Å². The van der Waals surface area contributed by atoms with Crippen LogP contribution in [0.5, 0.6) is 0 Å². The van der Waals surface area contributed by atoms with Crippen molar-refractivity contribution in [2.75, 3.05) is 0 Å². The van der Waals surface area contributed by atoms with Gasteiger partial charge in [-0.15, -0.1) is 0 Å². The van der Waals surface area contributed by atoms with E-state index in [1.54, 1.807) is 17.7 Å². The van der Waals surface area contributed by atoms with Gasteiger partial charge in [0.15, 0.2) is 0 Å². The number of allylic oxidation sites excluding steroid dienone is 1. The number of nitrogens with two attached hydrogens (primary N) is 1. The predicted octanol–water partition coefficient (Wildman–Crippen LogP) is 3.87. The van der Waals surface area contributed by atoms with Crippen molar-refractivity contribution in [3.63, 3.8) is 0 Å². The number of nitriles is 1. The molecule has 0 atom stereocenters. The average molecular weight is 295 g/mol. The van der Waals surface area contributed by atoms with Crippen LogP contribution in [0.3, 0.4) is 0 Å². The summed E-state index contributed by atoms with van der Waals surface area (Å²) in [7, 11) is 1.72. The fraction of sp³-hybridized carbons (Fsp3) is 0.214. The number of benzene rings is 1. The van der Waals surface area contributed by atoms with Crippen molar-refractivity contribution < 1.29 is 1.37 Å². The first-order chi connectivity index (χ1) is 9.47. The number of halogens is 2. The van der Waals surface area contributed by atoms with Crippen LogP contribution in [0, 0.1) is 11.3 Å². The van der Waals surface area contributed by atoms with E-state index in [1.807, 2.05) is 13.0 Å². The molecule has 0 fully saturated rings. The van der Waals surface area contributed by atoms with Crippen LogP contribution >= 0.6 is 23.2 Å². The smallest absolute Gasteiger partial charge is 0.101 e. The Kier molecular flexibility index (Phi) is 3.37. The van der Waals surface area contributed by atoms with E-state index in [1.165, 1.54) is 6.20 Å². The normalized spacial score (nSPS) is 12.6. The van der Waals surface area contributed by atoms with Gasteiger partial charge in [0, 0.05) is 30.4 Å². The van der Waals surface area contributed by atoms with Crippen molar-refractivity contribution >= 4 is 39.7 Å². The molecule has 0 aliphatic rings. The molecular formula is C14H13Cl2N3. The number of hydrogen-bond donors (Lipinski definition) is 1. The Bertz CT molecular complexity index is 769. The molecule has 19 heavy (non-hydrogen) atoms. The van der Waals surface area contributed by atoms with Gasteiger partial charge in [-0.05, 0) is 18.1 Å². The largest absolute Gasteiger partial charge is 0.404 e. The molecule has 0 saturated heterocycles. The van der Waals surface area contributed by atoms with Crippen molar-refractivity contribution in [3.05, 3.63) is 39.6 Å². The van der Waals surface area contributed by atoms with Crippen LogP contribution in [-0.4, -0.2) is 4.57 Å². The standard InChI is InChI=1S/C14H13Cl2N3/c1-3-8-4-11(15)13(16)14-12(8)10(7-19(14)2)9(5-17)6-18/h4-5,7H,3,17H2,1-2H3/b9-5-/i7D. The number of aromatic nitrogens is 1. The molecular weight excluding hydrogens is 281 g/mol. The van der Waals surface area contributed by atoms with E-state index in [0.29, 0.717) is 27.5 Å². The van der Waals surface area contributed by atoms with Gasteiger partial charge in [-0.3, -0.25) is 0 Å². The van der Waals surface area contributed by atoms with Crippen molar-refractivity contribution in [3.8, 4) is 6.07 Å². The molecule has 0 bridgehead atoms. The van der Waals surface area contributed by atoms with Gasteiger partial charge in [0.05, 0.1) is 22.5 Å². The molecule has 0 saturated carbocycles. The Labute approximate surface area is 123 Å². The minimum atomic E-state index is 0.192. The van der Waals surface area contributed by atoms with Gasteiger partial charge in [0.2, 0.25) is 0 Å². The Morgan fingerprint density at radius 1 is 1.63 bits per heavy atom. The lowest BCUT2D eigenvalue weighted by atomic mass is 10.0. The van der Waals surface area contributed by atoms with Crippen LogP contribution in [0.25, 0.3) is 16.5 Å². The topological polar surface area (TPSA) is 54.7 Å². The van der Waals surface area contributed by atoms with Crippen LogP contribution < -0.4 is 5.73 Å². The zero-order valence-electron chi connectivity index (χ0n) is 11.6. The van der Waals surface area contributed by atoms with E-state index >= 15 is 0 Å². The first-order valence-corrected chi connectivity index (χ1v) is 6.51. The molecule has 0 aliphatic heterocycles. The van der Waals surface area contributed by atoms with Crippen LogP contribution in [-0.2, 0) is 13.5 Å². The first-order valence-electron chi connectivity index (χ1n) is 6.26. The molecule has 1 heterocycles. The highest BCUT2D eigenvalue weighted by atomic mass is 35.5. The second kappa shape index (κ2) is 5.16. The number of aryl methyl sites for hydroxylation is 2. The molecule has 0 unspecified atom stereocenters. The van der Waals surface area contributed by atoms with Crippen LogP contribution in [0.2, 0.25) is 10.0 Å². The Balaban J connectivity index is 3.09. The zero-order valence-corrected chi connectivity index (χ0v) is 12.1. The molecule has 2 N–H and O–H groups in total. The highest BCUT2D eigenvalue weighted by molar-refractivity contribution is 6.45. The number of fused-ring (bicyclic) bond motifs is 1. The maximum atomic E-state index is 9.21. The molecule has 1 aromatic carbocycles. The molecule has 0 amide bonds. The summed E-state index contributed by atoms with van der Waals surface area (Å²) < 4.78 is 9.84. The van der Waals surface area contributed by atoms with Gasteiger partial charge >= 0.3 is 0 Å². The minimum Gasteiger partial charge on any atom is -0.404 e. The second-order valence-electron chi connectivity index (χ2n) is 4.15. The maximum Gasteiger partial charge on any atom is 0.101 e. The third kappa shape index (κ3) is 2.07. The third-order valence-electron chi connectivity index (χ3n) is 3.08. The molecule has 1 aromatic heterocycles. The molecule has 2 aromatic rings. The zero-order chi connectivity index (χ0) is 15.0. The highest BCUT2D eigenvalue weighted by Crippen LogP contribution is 2.38. The maximum absolute atomic E-state index is 9.21. The summed E-state index contributed by atoms with van der Waals surface area (Å²) in [6.45, 7) is 1.98. The van der Waals surface area contributed by atoms with E-state index in [9.17, 15) is 5.26 Å². The summed E-state index contributed by atoms with van der Waals surface area (Å²) >= 11 is 12.4. The van der Waals surface area contributed by atoms with E-state index in [4.69, 9.17) is 30.3 Å². The molecule has 3 nitrogen and oxygen atoms in total. The number of hydrogen-bond acceptors (Lipinski definition) is 2. The summed E-state index contributed by atoms with van der Waals surface area (Å²) in [6, 6.07) is 3.80. The molecule has 0 radical (unpaired) electrons. The number of nitrogens with zero attached hydrogens (tertiary/aromatic N) is 2. The third-order valence-corrected chi connectivity index (χ3v) is 3.86. The van der Waals surface area contributed by atoms with Gasteiger partial charge in [0.1, 0.15) is 6.07 Å². The monoisotopic (exact) mass is 294 g/mol. The summed E-state index contributed by atoms with van der Waals surface area (Å²) in [5.41, 5.74) is 7.86. The summed E-state index contributed by atoms with van der Waals surface area (Å²) in [5, 5.41) is 10.8. The molecule has 98 valence electrons. The molecule has 5 heteroatoms.